The number of aromatic nitrogens is 4. The number of carbonyl (C=O) groups is 2. The van der Waals surface area contributed by atoms with E-state index in [1.807, 2.05) is 12.1 Å². The smallest absolute Gasteiger partial charge is 0.342 e. The van der Waals surface area contributed by atoms with Crippen molar-refractivity contribution in [3.8, 4) is 17.4 Å². The lowest BCUT2D eigenvalue weighted by Gasteiger charge is -2.10. The first-order chi connectivity index (χ1) is 16.4. The van der Waals surface area contributed by atoms with E-state index in [1.54, 1.807) is 50.2 Å². The highest BCUT2D eigenvalue weighted by atomic mass is 19.1. The maximum atomic E-state index is 13.2. The molecule has 0 aliphatic rings. The van der Waals surface area contributed by atoms with Crippen molar-refractivity contribution in [3.63, 3.8) is 0 Å². The van der Waals surface area contributed by atoms with E-state index < -0.39 is 18.5 Å². The van der Waals surface area contributed by atoms with Gasteiger partial charge in [-0.2, -0.15) is 15.5 Å². The van der Waals surface area contributed by atoms with Gasteiger partial charge in [0.2, 0.25) is 0 Å². The van der Waals surface area contributed by atoms with Gasteiger partial charge in [-0.05, 0) is 50.2 Å². The number of para-hydroxylation sites is 1. The molecule has 4 aromatic rings. The van der Waals surface area contributed by atoms with E-state index >= 15 is 0 Å². The van der Waals surface area contributed by atoms with Crippen molar-refractivity contribution in [2.75, 3.05) is 11.9 Å². The normalized spacial score (nSPS) is 10.5. The lowest BCUT2D eigenvalue weighted by atomic mass is 10.2. The van der Waals surface area contributed by atoms with Gasteiger partial charge >= 0.3 is 5.97 Å². The van der Waals surface area contributed by atoms with E-state index in [-0.39, 0.29) is 22.8 Å². The first-order valence-electron chi connectivity index (χ1n) is 10.2. The van der Waals surface area contributed by atoms with Crippen LogP contribution in [0.3, 0.4) is 0 Å². The van der Waals surface area contributed by atoms with Gasteiger partial charge in [0.1, 0.15) is 23.0 Å². The molecule has 2 aromatic heterocycles. The van der Waals surface area contributed by atoms with Crippen LogP contribution in [0.4, 0.5) is 10.2 Å². The number of ether oxygens (including phenoxy) is 1. The Kier molecular flexibility index (Phi) is 6.18. The van der Waals surface area contributed by atoms with Crippen LogP contribution in [0.1, 0.15) is 27.3 Å². The van der Waals surface area contributed by atoms with Gasteiger partial charge in [-0.25, -0.2) is 18.5 Å². The van der Waals surface area contributed by atoms with Crippen LogP contribution in [-0.4, -0.2) is 38.0 Å². The fourth-order valence-corrected chi connectivity index (χ4v) is 3.46. The molecule has 34 heavy (non-hydrogen) atoms. The van der Waals surface area contributed by atoms with E-state index in [9.17, 15) is 19.2 Å². The SMILES string of the molecule is Cc1nn(-c2ccc(F)cc2)c(C)c1C(=O)OCC(=O)Nc1c(C#N)cnn1-c1ccccc1. The highest BCUT2D eigenvalue weighted by Gasteiger charge is 2.22. The predicted octanol–water partition coefficient (Wildman–Crippen LogP) is 3.48. The molecule has 1 amide bonds. The Morgan fingerprint density at radius 3 is 2.41 bits per heavy atom. The predicted molar refractivity (Wildman–Crippen MR) is 120 cm³/mol. The standard InChI is InChI=1S/C24H19FN6O3/c1-15-22(16(2)30(29-15)20-10-8-18(25)9-11-20)24(33)34-14-21(32)28-23-17(12-26)13-27-31(23)19-6-4-3-5-7-19/h3-11,13H,14H2,1-2H3,(H,28,32). The third-order valence-electron chi connectivity index (χ3n) is 5.05. The summed E-state index contributed by atoms with van der Waals surface area (Å²) in [6.45, 7) is 2.74. The Balaban J connectivity index is 1.48. The molecule has 0 aliphatic carbocycles. The average Bonchev–Trinajstić information content (AvgIpc) is 3.38. The average molecular weight is 458 g/mol. The quantitative estimate of drug-likeness (QED) is 0.443. The van der Waals surface area contributed by atoms with Crippen LogP contribution < -0.4 is 5.32 Å². The minimum Gasteiger partial charge on any atom is -0.452 e. The maximum Gasteiger partial charge on any atom is 0.342 e. The van der Waals surface area contributed by atoms with Gasteiger partial charge in [0.15, 0.2) is 12.4 Å². The Labute approximate surface area is 194 Å². The second-order valence-corrected chi connectivity index (χ2v) is 7.32. The molecule has 170 valence electrons. The number of rotatable bonds is 6. The molecule has 2 aromatic carbocycles. The van der Waals surface area contributed by atoms with Gasteiger partial charge in [-0.15, -0.1) is 0 Å². The van der Waals surface area contributed by atoms with Crippen molar-refractivity contribution in [1.82, 2.24) is 19.6 Å². The zero-order valence-electron chi connectivity index (χ0n) is 18.3. The first kappa shape index (κ1) is 22.4. The number of hydrogen-bond acceptors (Lipinski definition) is 6. The van der Waals surface area contributed by atoms with Crippen LogP contribution in [0.15, 0.2) is 60.8 Å². The molecule has 1 N–H and O–H groups in total. The summed E-state index contributed by atoms with van der Waals surface area (Å²) in [6.07, 6.45) is 1.34. The molecule has 0 spiro atoms. The lowest BCUT2D eigenvalue weighted by molar-refractivity contribution is -0.119. The first-order valence-corrected chi connectivity index (χ1v) is 10.2. The van der Waals surface area contributed by atoms with Gasteiger partial charge in [0.25, 0.3) is 5.91 Å². The molecule has 0 fully saturated rings. The summed E-state index contributed by atoms with van der Waals surface area (Å²) >= 11 is 0. The van der Waals surface area contributed by atoms with Gasteiger partial charge in [0.05, 0.1) is 29.0 Å². The number of carbonyl (C=O) groups excluding carboxylic acids is 2. The van der Waals surface area contributed by atoms with Gasteiger partial charge in [-0.1, -0.05) is 18.2 Å². The molecular weight excluding hydrogens is 439 g/mol. The zero-order valence-corrected chi connectivity index (χ0v) is 18.3. The largest absolute Gasteiger partial charge is 0.452 e. The molecule has 0 bridgehead atoms. The molecular formula is C24H19FN6O3. The third kappa shape index (κ3) is 4.40. The van der Waals surface area contributed by atoms with E-state index in [0.717, 1.165) is 0 Å². The van der Waals surface area contributed by atoms with Crippen LogP contribution in [0.5, 0.6) is 0 Å². The summed E-state index contributed by atoms with van der Waals surface area (Å²) in [5.74, 6) is -1.57. The summed E-state index contributed by atoms with van der Waals surface area (Å²) in [6, 6.07) is 16.6. The summed E-state index contributed by atoms with van der Waals surface area (Å²) in [5, 5.41) is 20.4. The fourth-order valence-electron chi connectivity index (χ4n) is 3.46. The zero-order chi connectivity index (χ0) is 24.2. The van der Waals surface area contributed by atoms with Crippen molar-refractivity contribution >= 4 is 17.7 Å². The number of nitrogens with one attached hydrogen (secondary N) is 1. The minimum atomic E-state index is -0.726. The third-order valence-corrected chi connectivity index (χ3v) is 5.05. The molecule has 9 nitrogen and oxygen atoms in total. The van der Waals surface area contributed by atoms with Gasteiger partial charge < -0.3 is 10.1 Å². The van der Waals surface area contributed by atoms with Gasteiger partial charge in [0, 0.05) is 0 Å². The van der Waals surface area contributed by atoms with Gasteiger partial charge in [-0.3, -0.25) is 4.79 Å². The topological polar surface area (TPSA) is 115 Å². The van der Waals surface area contributed by atoms with E-state index in [1.165, 1.54) is 27.7 Å². The molecule has 0 unspecified atom stereocenters. The van der Waals surface area contributed by atoms with Crippen LogP contribution in [0.25, 0.3) is 11.4 Å². The van der Waals surface area contributed by atoms with Crippen molar-refractivity contribution < 1.29 is 18.7 Å². The van der Waals surface area contributed by atoms with Crippen LogP contribution in [-0.2, 0) is 9.53 Å². The highest BCUT2D eigenvalue weighted by Crippen LogP contribution is 2.21. The highest BCUT2D eigenvalue weighted by molar-refractivity contribution is 5.96. The van der Waals surface area contributed by atoms with E-state index in [4.69, 9.17) is 4.74 Å². The number of hydrogen-bond donors (Lipinski definition) is 1. The minimum absolute atomic E-state index is 0.163. The Morgan fingerprint density at radius 1 is 1.06 bits per heavy atom. The number of nitriles is 1. The van der Waals surface area contributed by atoms with Crippen LogP contribution >= 0.6 is 0 Å². The Bertz CT molecular complexity index is 1400. The van der Waals surface area contributed by atoms with Crippen molar-refractivity contribution in [2.45, 2.75) is 13.8 Å². The summed E-state index contributed by atoms with van der Waals surface area (Å²) < 4.78 is 21.4. The monoisotopic (exact) mass is 458 g/mol. The Morgan fingerprint density at radius 2 is 1.74 bits per heavy atom. The molecule has 0 atom stereocenters. The van der Waals surface area contributed by atoms with E-state index in [2.05, 4.69) is 15.5 Å². The number of benzene rings is 2. The van der Waals surface area contributed by atoms with Crippen molar-refractivity contribution in [3.05, 3.63) is 89.1 Å². The number of anilines is 1. The second kappa shape index (κ2) is 9.38. The Hall–Kier alpha value is -4.78. The van der Waals surface area contributed by atoms with Crippen LogP contribution in [0, 0.1) is 31.0 Å². The van der Waals surface area contributed by atoms with Crippen molar-refractivity contribution in [2.24, 2.45) is 0 Å². The second-order valence-electron chi connectivity index (χ2n) is 7.32. The lowest BCUT2D eigenvalue weighted by Crippen LogP contribution is -2.23. The molecule has 0 radical (unpaired) electrons. The number of esters is 1. The van der Waals surface area contributed by atoms with E-state index in [0.29, 0.717) is 22.8 Å². The number of nitrogens with zero attached hydrogens (tertiary/aromatic N) is 5. The summed E-state index contributed by atoms with van der Waals surface area (Å²) in [5.41, 5.74) is 2.50. The molecule has 0 aliphatic heterocycles. The molecule has 0 saturated carbocycles. The molecule has 4 rings (SSSR count). The summed E-state index contributed by atoms with van der Waals surface area (Å²) in [4.78, 5) is 25.2. The maximum absolute atomic E-state index is 13.2. The number of aryl methyl sites for hydroxylation is 1. The van der Waals surface area contributed by atoms with Crippen molar-refractivity contribution in [1.29, 1.82) is 5.26 Å². The fraction of sp³-hybridized carbons (Fsp3) is 0.125. The number of amides is 1. The molecule has 0 saturated heterocycles. The molecule has 2 heterocycles. The molecule has 10 heteroatoms. The summed E-state index contributed by atoms with van der Waals surface area (Å²) in [7, 11) is 0. The van der Waals surface area contributed by atoms with Crippen LogP contribution in [0.2, 0.25) is 0 Å². The number of halogens is 1.